The van der Waals surface area contributed by atoms with Gasteiger partial charge < -0.3 is 14.5 Å². The minimum atomic E-state index is -0.106. The van der Waals surface area contributed by atoms with Crippen LogP contribution in [0.1, 0.15) is 36.5 Å². The van der Waals surface area contributed by atoms with E-state index >= 15 is 0 Å². The van der Waals surface area contributed by atoms with Gasteiger partial charge in [-0.2, -0.15) is 0 Å². The van der Waals surface area contributed by atoms with Gasteiger partial charge in [-0.05, 0) is 42.8 Å². The van der Waals surface area contributed by atoms with Gasteiger partial charge in [0.25, 0.3) is 5.91 Å². The van der Waals surface area contributed by atoms with Crippen molar-refractivity contribution in [1.82, 2.24) is 10.3 Å². The summed E-state index contributed by atoms with van der Waals surface area (Å²) in [5.74, 6) is 1.75. The Labute approximate surface area is 159 Å². The number of nitrogens with zero attached hydrogens (tertiary/aromatic N) is 1. The Morgan fingerprint density at radius 1 is 1.11 bits per heavy atom. The Bertz CT molecular complexity index is 885. The molecule has 0 bridgehead atoms. The first-order chi connectivity index (χ1) is 13.2. The van der Waals surface area contributed by atoms with Crippen LogP contribution < -0.4 is 10.1 Å². The molecule has 0 aliphatic heterocycles. The van der Waals surface area contributed by atoms with Crippen molar-refractivity contribution >= 4 is 5.91 Å². The molecule has 0 unspecified atom stereocenters. The molecule has 0 aliphatic carbocycles. The maximum Gasteiger partial charge on any atom is 0.252 e. The third-order valence-corrected chi connectivity index (χ3v) is 4.35. The summed E-state index contributed by atoms with van der Waals surface area (Å²) in [5, 5.41) is 2.97. The quantitative estimate of drug-likeness (QED) is 0.575. The molecule has 140 valence electrons. The van der Waals surface area contributed by atoms with Crippen LogP contribution in [0, 0.1) is 0 Å². The van der Waals surface area contributed by atoms with E-state index in [0.29, 0.717) is 29.3 Å². The number of hydrogen-bond acceptors (Lipinski definition) is 4. The molecular weight excluding hydrogens is 340 g/mol. The lowest BCUT2D eigenvalue weighted by Gasteiger charge is -2.08. The van der Waals surface area contributed by atoms with Crippen LogP contribution in [0.5, 0.6) is 5.75 Å². The summed E-state index contributed by atoms with van der Waals surface area (Å²) in [6.07, 6.45) is 4.88. The molecular formula is C22H24N2O3. The maximum absolute atomic E-state index is 12.6. The molecule has 5 heteroatoms. The van der Waals surface area contributed by atoms with Crippen molar-refractivity contribution in [1.29, 1.82) is 0 Å². The number of methoxy groups -OCH3 is 1. The fourth-order valence-corrected chi connectivity index (χ4v) is 2.83. The smallest absolute Gasteiger partial charge is 0.252 e. The van der Waals surface area contributed by atoms with Crippen molar-refractivity contribution in [3.8, 4) is 28.5 Å². The second-order valence-corrected chi connectivity index (χ2v) is 6.27. The first-order valence-electron chi connectivity index (χ1n) is 9.20. The number of carbonyl (C=O) groups is 1. The summed E-state index contributed by atoms with van der Waals surface area (Å²) in [7, 11) is 1.63. The lowest BCUT2D eigenvalue weighted by atomic mass is 10.1. The van der Waals surface area contributed by atoms with Gasteiger partial charge in [0.1, 0.15) is 5.75 Å². The zero-order valence-corrected chi connectivity index (χ0v) is 15.7. The highest BCUT2D eigenvalue weighted by Gasteiger charge is 2.16. The normalized spacial score (nSPS) is 10.6. The largest absolute Gasteiger partial charge is 0.497 e. The molecule has 0 saturated heterocycles. The number of ether oxygens (including phenoxy) is 1. The molecule has 1 aromatic heterocycles. The van der Waals surface area contributed by atoms with E-state index in [0.717, 1.165) is 30.6 Å². The van der Waals surface area contributed by atoms with Gasteiger partial charge in [-0.15, -0.1) is 0 Å². The van der Waals surface area contributed by atoms with Crippen LogP contribution in [0.15, 0.2) is 59.1 Å². The van der Waals surface area contributed by atoms with Crippen molar-refractivity contribution < 1.29 is 13.9 Å². The topological polar surface area (TPSA) is 64.4 Å². The second-order valence-electron chi connectivity index (χ2n) is 6.27. The monoisotopic (exact) mass is 364 g/mol. The lowest BCUT2D eigenvalue weighted by Crippen LogP contribution is -2.25. The first kappa shape index (κ1) is 18.7. The molecule has 1 amide bonds. The molecule has 0 radical (unpaired) electrons. The van der Waals surface area contributed by atoms with E-state index in [-0.39, 0.29) is 5.91 Å². The van der Waals surface area contributed by atoms with Crippen LogP contribution in [0.25, 0.3) is 22.8 Å². The second kappa shape index (κ2) is 9.03. The number of nitrogens with one attached hydrogen (secondary N) is 1. The predicted octanol–water partition coefficient (Wildman–Crippen LogP) is 4.94. The van der Waals surface area contributed by atoms with E-state index in [2.05, 4.69) is 17.2 Å². The first-order valence-corrected chi connectivity index (χ1v) is 9.20. The number of amides is 1. The molecule has 2 aromatic carbocycles. The van der Waals surface area contributed by atoms with Gasteiger partial charge in [-0.1, -0.05) is 31.9 Å². The highest BCUT2D eigenvalue weighted by atomic mass is 16.5. The van der Waals surface area contributed by atoms with Gasteiger partial charge >= 0.3 is 0 Å². The molecule has 0 saturated carbocycles. The number of oxazole rings is 1. The third kappa shape index (κ3) is 4.56. The summed E-state index contributed by atoms with van der Waals surface area (Å²) in [6, 6.07) is 14.9. The minimum Gasteiger partial charge on any atom is -0.497 e. The SMILES string of the molecule is CCCCCNC(=O)c1ccccc1-c1ncc(-c2ccc(OC)cc2)o1. The summed E-state index contributed by atoms with van der Waals surface area (Å²) >= 11 is 0. The molecule has 27 heavy (non-hydrogen) atoms. The highest BCUT2D eigenvalue weighted by Crippen LogP contribution is 2.29. The van der Waals surface area contributed by atoms with Gasteiger partial charge in [-0.25, -0.2) is 4.98 Å². The Balaban J connectivity index is 1.80. The summed E-state index contributed by atoms with van der Waals surface area (Å²) in [5.41, 5.74) is 2.15. The number of benzene rings is 2. The van der Waals surface area contributed by atoms with Crippen LogP contribution in [-0.2, 0) is 0 Å². The average molecular weight is 364 g/mol. The Hall–Kier alpha value is -3.08. The molecule has 3 aromatic rings. The van der Waals surface area contributed by atoms with Gasteiger partial charge in [0.15, 0.2) is 5.76 Å². The average Bonchev–Trinajstić information content (AvgIpc) is 3.21. The fourth-order valence-electron chi connectivity index (χ4n) is 2.83. The van der Waals surface area contributed by atoms with Crippen molar-refractivity contribution in [3.63, 3.8) is 0 Å². The van der Waals surface area contributed by atoms with Crippen molar-refractivity contribution in [2.75, 3.05) is 13.7 Å². The Kier molecular flexibility index (Phi) is 6.26. The van der Waals surface area contributed by atoms with E-state index < -0.39 is 0 Å². The van der Waals surface area contributed by atoms with Gasteiger partial charge in [0.2, 0.25) is 5.89 Å². The van der Waals surface area contributed by atoms with Gasteiger partial charge in [0.05, 0.1) is 18.9 Å². The van der Waals surface area contributed by atoms with Crippen molar-refractivity contribution in [3.05, 3.63) is 60.3 Å². The van der Waals surface area contributed by atoms with Crippen LogP contribution >= 0.6 is 0 Å². The summed E-state index contributed by atoms with van der Waals surface area (Å²) < 4.78 is 11.1. The summed E-state index contributed by atoms with van der Waals surface area (Å²) in [4.78, 5) is 16.9. The molecule has 5 nitrogen and oxygen atoms in total. The highest BCUT2D eigenvalue weighted by molar-refractivity contribution is 6.00. The third-order valence-electron chi connectivity index (χ3n) is 4.35. The molecule has 1 N–H and O–H groups in total. The van der Waals surface area contributed by atoms with E-state index in [9.17, 15) is 4.79 Å². The van der Waals surface area contributed by atoms with E-state index in [4.69, 9.17) is 9.15 Å². The number of unbranched alkanes of at least 4 members (excludes halogenated alkanes) is 2. The van der Waals surface area contributed by atoms with Crippen molar-refractivity contribution in [2.24, 2.45) is 0 Å². The number of carbonyl (C=O) groups excluding carboxylic acids is 1. The van der Waals surface area contributed by atoms with Crippen LogP contribution in [-0.4, -0.2) is 24.5 Å². The molecule has 0 fully saturated rings. The summed E-state index contributed by atoms with van der Waals surface area (Å²) in [6.45, 7) is 2.81. The molecule has 1 heterocycles. The lowest BCUT2D eigenvalue weighted by molar-refractivity contribution is 0.0953. The van der Waals surface area contributed by atoms with Crippen LogP contribution in [0.4, 0.5) is 0 Å². The van der Waals surface area contributed by atoms with Crippen LogP contribution in [0.3, 0.4) is 0 Å². The molecule has 0 aliphatic rings. The molecule has 0 spiro atoms. The van der Waals surface area contributed by atoms with E-state index in [1.165, 1.54) is 0 Å². The van der Waals surface area contributed by atoms with E-state index in [1.54, 1.807) is 19.4 Å². The van der Waals surface area contributed by atoms with Crippen LogP contribution in [0.2, 0.25) is 0 Å². The molecule has 0 atom stereocenters. The zero-order valence-electron chi connectivity index (χ0n) is 15.7. The molecule has 3 rings (SSSR count). The number of hydrogen-bond donors (Lipinski definition) is 1. The number of aromatic nitrogens is 1. The zero-order chi connectivity index (χ0) is 19.1. The van der Waals surface area contributed by atoms with Gasteiger partial charge in [0, 0.05) is 17.7 Å². The number of rotatable bonds is 8. The standard InChI is InChI=1S/C22H24N2O3/c1-3-4-7-14-23-21(25)18-8-5-6-9-19(18)22-24-15-20(27-22)16-10-12-17(26-2)13-11-16/h5-6,8-13,15H,3-4,7,14H2,1-2H3,(H,23,25). The van der Waals surface area contributed by atoms with E-state index in [1.807, 2.05) is 42.5 Å². The van der Waals surface area contributed by atoms with Gasteiger partial charge in [-0.3, -0.25) is 4.79 Å². The predicted molar refractivity (Wildman–Crippen MR) is 106 cm³/mol. The van der Waals surface area contributed by atoms with Crippen molar-refractivity contribution in [2.45, 2.75) is 26.2 Å². The fraction of sp³-hybridized carbons (Fsp3) is 0.273. The Morgan fingerprint density at radius 3 is 2.63 bits per heavy atom. The minimum absolute atomic E-state index is 0.106. The Morgan fingerprint density at radius 2 is 1.89 bits per heavy atom. The maximum atomic E-state index is 12.6.